The summed E-state index contributed by atoms with van der Waals surface area (Å²) in [4.78, 5) is 0. The summed E-state index contributed by atoms with van der Waals surface area (Å²) in [5, 5.41) is 9.20. The standard InChI is InChI=1S/C14H22O3/c1-7-13(3,4)16-10-12(9-15)11-17-14(5,6)8-2/h1-2,12,15H,9-11H2,3-6H3. The van der Waals surface area contributed by atoms with Gasteiger partial charge in [0.15, 0.2) is 0 Å². The van der Waals surface area contributed by atoms with Crippen LogP contribution < -0.4 is 0 Å². The molecule has 0 spiro atoms. The van der Waals surface area contributed by atoms with Crippen LogP contribution in [-0.4, -0.2) is 36.1 Å². The molecular formula is C14H22O3. The lowest BCUT2D eigenvalue weighted by atomic mass is 10.1. The lowest BCUT2D eigenvalue weighted by Crippen LogP contribution is -2.32. The second-order valence-electron chi connectivity index (χ2n) is 4.98. The van der Waals surface area contributed by atoms with E-state index in [0.29, 0.717) is 13.2 Å². The second-order valence-corrected chi connectivity index (χ2v) is 4.98. The molecule has 0 aromatic rings. The van der Waals surface area contributed by atoms with E-state index in [1.807, 2.05) is 0 Å². The van der Waals surface area contributed by atoms with Crippen LogP contribution in [0.5, 0.6) is 0 Å². The molecule has 0 heterocycles. The van der Waals surface area contributed by atoms with E-state index in [1.54, 1.807) is 27.7 Å². The summed E-state index contributed by atoms with van der Waals surface area (Å²) in [6.45, 7) is 7.85. The molecule has 0 saturated heterocycles. The Hall–Kier alpha value is -1.00. The van der Waals surface area contributed by atoms with Gasteiger partial charge in [-0.15, -0.1) is 12.8 Å². The maximum Gasteiger partial charge on any atom is 0.122 e. The number of rotatable bonds is 7. The summed E-state index contributed by atoms with van der Waals surface area (Å²) >= 11 is 0. The van der Waals surface area contributed by atoms with Gasteiger partial charge in [0.1, 0.15) is 11.2 Å². The number of hydrogen-bond acceptors (Lipinski definition) is 3. The normalized spacial score (nSPS) is 12.2. The van der Waals surface area contributed by atoms with Crippen LogP contribution in [-0.2, 0) is 9.47 Å². The average Bonchev–Trinajstić information content (AvgIpc) is 2.29. The number of aliphatic hydroxyl groups excluding tert-OH is 1. The molecule has 0 aromatic carbocycles. The van der Waals surface area contributed by atoms with Gasteiger partial charge in [-0.1, -0.05) is 11.8 Å². The van der Waals surface area contributed by atoms with Gasteiger partial charge in [0.05, 0.1) is 19.8 Å². The third-order valence-electron chi connectivity index (χ3n) is 2.31. The first-order valence-corrected chi connectivity index (χ1v) is 5.60. The molecule has 0 atom stereocenters. The minimum atomic E-state index is -0.630. The third-order valence-corrected chi connectivity index (χ3v) is 2.31. The summed E-state index contributed by atoms with van der Waals surface area (Å²) in [6, 6.07) is 0. The molecule has 0 bridgehead atoms. The maximum atomic E-state index is 9.20. The Morgan fingerprint density at radius 3 is 1.59 bits per heavy atom. The van der Waals surface area contributed by atoms with Crippen molar-refractivity contribution in [2.45, 2.75) is 38.9 Å². The van der Waals surface area contributed by atoms with Gasteiger partial charge in [-0.25, -0.2) is 0 Å². The minimum absolute atomic E-state index is 0.0265. The van der Waals surface area contributed by atoms with Crippen LogP contribution in [0.25, 0.3) is 0 Å². The zero-order valence-electron chi connectivity index (χ0n) is 11.1. The Bertz CT molecular complexity index is 274. The predicted molar refractivity (Wildman–Crippen MR) is 68.3 cm³/mol. The quantitative estimate of drug-likeness (QED) is 0.682. The van der Waals surface area contributed by atoms with Gasteiger partial charge in [-0.05, 0) is 27.7 Å². The van der Waals surface area contributed by atoms with Crippen LogP contribution in [0.15, 0.2) is 0 Å². The molecule has 0 unspecified atom stereocenters. The Kier molecular flexibility index (Phi) is 6.27. The van der Waals surface area contributed by atoms with Crippen LogP contribution in [0.3, 0.4) is 0 Å². The van der Waals surface area contributed by atoms with Crippen molar-refractivity contribution < 1.29 is 14.6 Å². The van der Waals surface area contributed by atoms with Gasteiger partial charge in [0.2, 0.25) is 0 Å². The summed E-state index contributed by atoms with van der Waals surface area (Å²) in [7, 11) is 0. The molecule has 0 aliphatic heterocycles. The summed E-state index contributed by atoms with van der Waals surface area (Å²) in [5.74, 6) is 4.93. The van der Waals surface area contributed by atoms with Crippen LogP contribution in [0, 0.1) is 30.6 Å². The molecule has 3 heteroatoms. The first-order valence-electron chi connectivity index (χ1n) is 5.60. The van der Waals surface area contributed by atoms with E-state index in [4.69, 9.17) is 22.3 Å². The highest BCUT2D eigenvalue weighted by atomic mass is 16.5. The van der Waals surface area contributed by atoms with Crippen molar-refractivity contribution in [2.24, 2.45) is 5.92 Å². The molecule has 3 nitrogen and oxygen atoms in total. The van der Waals surface area contributed by atoms with Crippen molar-refractivity contribution in [3.63, 3.8) is 0 Å². The smallest absolute Gasteiger partial charge is 0.122 e. The van der Waals surface area contributed by atoms with Crippen molar-refractivity contribution in [2.75, 3.05) is 19.8 Å². The van der Waals surface area contributed by atoms with Gasteiger partial charge in [-0.2, -0.15) is 0 Å². The molecule has 0 fully saturated rings. The Morgan fingerprint density at radius 1 is 1.00 bits per heavy atom. The Morgan fingerprint density at radius 2 is 1.35 bits per heavy atom. The fourth-order valence-corrected chi connectivity index (χ4v) is 0.889. The van der Waals surface area contributed by atoms with E-state index >= 15 is 0 Å². The number of terminal acetylenes is 2. The van der Waals surface area contributed by atoms with Crippen LogP contribution in [0.1, 0.15) is 27.7 Å². The van der Waals surface area contributed by atoms with Crippen LogP contribution in [0.4, 0.5) is 0 Å². The monoisotopic (exact) mass is 238 g/mol. The number of hydrogen-bond donors (Lipinski definition) is 1. The van der Waals surface area contributed by atoms with Crippen molar-refractivity contribution >= 4 is 0 Å². The molecule has 17 heavy (non-hydrogen) atoms. The van der Waals surface area contributed by atoms with Gasteiger partial charge in [0, 0.05) is 5.92 Å². The molecule has 0 aliphatic rings. The van der Waals surface area contributed by atoms with Crippen molar-refractivity contribution in [1.29, 1.82) is 0 Å². The van der Waals surface area contributed by atoms with Gasteiger partial charge in [-0.3, -0.25) is 0 Å². The Labute approximate surface area is 105 Å². The predicted octanol–water partition coefficient (Wildman–Crippen LogP) is 1.45. The first kappa shape index (κ1) is 16.0. The minimum Gasteiger partial charge on any atom is -0.396 e. The van der Waals surface area contributed by atoms with Crippen molar-refractivity contribution in [1.82, 2.24) is 0 Å². The molecule has 0 saturated carbocycles. The van der Waals surface area contributed by atoms with E-state index < -0.39 is 11.2 Å². The number of aliphatic hydroxyl groups is 1. The topological polar surface area (TPSA) is 38.7 Å². The summed E-state index contributed by atoms with van der Waals surface area (Å²) in [6.07, 6.45) is 10.6. The molecule has 0 radical (unpaired) electrons. The van der Waals surface area contributed by atoms with E-state index in [9.17, 15) is 5.11 Å². The van der Waals surface area contributed by atoms with Gasteiger partial charge in [0.25, 0.3) is 0 Å². The summed E-state index contributed by atoms with van der Waals surface area (Å²) in [5.41, 5.74) is -1.26. The highest BCUT2D eigenvalue weighted by Gasteiger charge is 2.21. The fourth-order valence-electron chi connectivity index (χ4n) is 0.889. The lowest BCUT2D eigenvalue weighted by Gasteiger charge is -2.25. The van der Waals surface area contributed by atoms with Gasteiger partial charge < -0.3 is 14.6 Å². The summed E-state index contributed by atoms with van der Waals surface area (Å²) < 4.78 is 11.0. The third kappa shape index (κ3) is 7.02. The second kappa shape index (κ2) is 6.67. The lowest BCUT2D eigenvalue weighted by molar-refractivity contribution is -0.0558. The van der Waals surface area contributed by atoms with E-state index in [2.05, 4.69) is 11.8 Å². The largest absolute Gasteiger partial charge is 0.396 e. The van der Waals surface area contributed by atoms with E-state index in [0.717, 1.165) is 0 Å². The molecule has 96 valence electrons. The zero-order valence-corrected chi connectivity index (χ0v) is 11.1. The fraction of sp³-hybridized carbons (Fsp3) is 0.714. The molecule has 0 rings (SSSR count). The number of ether oxygens (including phenoxy) is 2. The maximum absolute atomic E-state index is 9.20. The van der Waals surface area contributed by atoms with Crippen molar-refractivity contribution in [3.8, 4) is 24.7 Å². The molecule has 1 N–H and O–H groups in total. The van der Waals surface area contributed by atoms with Crippen LogP contribution in [0.2, 0.25) is 0 Å². The van der Waals surface area contributed by atoms with Crippen molar-refractivity contribution in [3.05, 3.63) is 0 Å². The van der Waals surface area contributed by atoms with Gasteiger partial charge >= 0.3 is 0 Å². The average molecular weight is 238 g/mol. The highest BCUT2D eigenvalue weighted by molar-refractivity contribution is 5.03. The molecule has 0 amide bonds. The van der Waals surface area contributed by atoms with E-state index in [-0.39, 0.29) is 12.5 Å². The zero-order chi connectivity index (χ0) is 13.5. The van der Waals surface area contributed by atoms with Crippen LogP contribution >= 0.6 is 0 Å². The molecule has 0 aromatic heterocycles. The SMILES string of the molecule is C#CC(C)(C)OCC(CO)COC(C)(C)C#C. The van der Waals surface area contributed by atoms with E-state index in [1.165, 1.54) is 0 Å². The Balaban J connectivity index is 4.12. The highest BCUT2D eigenvalue weighted by Crippen LogP contribution is 2.13. The first-order chi connectivity index (χ1) is 7.76. The molecule has 0 aliphatic carbocycles. The molecular weight excluding hydrogens is 216 g/mol.